The molecule has 100 valence electrons. The van der Waals surface area contributed by atoms with Gasteiger partial charge in [0, 0.05) is 23.2 Å². The van der Waals surface area contributed by atoms with Gasteiger partial charge in [-0.15, -0.1) is 0 Å². The van der Waals surface area contributed by atoms with E-state index >= 15 is 0 Å². The molecule has 0 aromatic heterocycles. The topological polar surface area (TPSA) is 23.5 Å². The first kappa shape index (κ1) is 13.8. The van der Waals surface area contributed by atoms with Gasteiger partial charge in [0.05, 0.1) is 6.61 Å². The van der Waals surface area contributed by atoms with Crippen LogP contribution < -0.4 is 0 Å². The molecule has 0 bridgehead atoms. The predicted octanol–water partition coefficient (Wildman–Crippen LogP) is 3.22. The van der Waals surface area contributed by atoms with E-state index in [2.05, 4.69) is 4.90 Å². The molecule has 0 saturated carbocycles. The van der Waals surface area contributed by atoms with Crippen molar-refractivity contribution in [1.82, 2.24) is 4.90 Å². The molecule has 2 rings (SSSR count). The Hall–Kier alpha value is -0.640. The van der Waals surface area contributed by atoms with Crippen LogP contribution in [0.3, 0.4) is 0 Å². The molecule has 18 heavy (non-hydrogen) atoms. The van der Waals surface area contributed by atoms with Crippen molar-refractivity contribution in [2.45, 2.75) is 38.3 Å². The fourth-order valence-electron chi connectivity index (χ4n) is 2.53. The highest BCUT2D eigenvalue weighted by Crippen LogP contribution is 2.22. The van der Waals surface area contributed by atoms with Gasteiger partial charge < -0.3 is 5.11 Å². The fourth-order valence-corrected chi connectivity index (χ4v) is 2.73. The molecular weight excluding hydrogens is 253 g/mol. The average molecular weight is 272 g/mol. The molecule has 1 saturated heterocycles. The molecule has 4 heteroatoms. The zero-order valence-electron chi connectivity index (χ0n) is 10.4. The maximum absolute atomic E-state index is 13.7. The third-order valence-electron chi connectivity index (χ3n) is 3.59. The van der Waals surface area contributed by atoms with E-state index in [0.29, 0.717) is 17.1 Å². The number of benzene rings is 1. The normalized spacial score (nSPS) is 21.8. The molecule has 1 N–H and O–H groups in total. The number of aliphatic hydroxyl groups is 1. The number of halogens is 2. The van der Waals surface area contributed by atoms with Gasteiger partial charge in [-0.3, -0.25) is 4.90 Å². The minimum Gasteiger partial charge on any atom is -0.395 e. The van der Waals surface area contributed by atoms with Crippen LogP contribution in [0.1, 0.15) is 31.2 Å². The summed E-state index contributed by atoms with van der Waals surface area (Å²) in [6, 6.07) is 4.79. The van der Waals surface area contributed by atoms with Crippen LogP contribution in [0, 0.1) is 5.82 Å². The van der Waals surface area contributed by atoms with E-state index in [4.69, 9.17) is 11.6 Å². The van der Waals surface area contributed by atoms with Crippen molar-refractivity contribution in [3.63, 3.8) is 0 Å². The second kappa shape index (κ2) is 6.50. The van der Waals surface area contributed by atoms with Gasteiger partial charge in [-0.2, -0.15) is 0 Å². The van der Waals surface area contributed by atoms with Crippen LogP contribution in [0.15, 0.2) is 18.2 Å². The summed E-state index contributed by atoms with van der Waals surface area (Å²) in [6.45, 7) is 1.58. The molecular formula is C14H19ClFNO. The molecule has 1 aliphatic rings. The van der Waals surface area contributed by atoms with E-state index in [1.54, 1.807) is 12.1 Å². The molecule has 0 amide bonds. The van der Waals surface area contributed by atoms with Crippen LogP contribution in [0.5, 0.6) is 0 Å². The quantitative estimate of drug-likeness (QED) is 0.912. The molecule has 1 aromatic rings. The monoisotopic (exact) mass is 271 g/mol. The number of rotatable bonds is 3. The second-order valence-corrected chi connectivity index (χ2v) is 5.33. The number of aliphatic hydroxyl groups excluding tert-OH is 1. The summed E-state index contributed by atoms with van der Waals surface area (Å²) in [5, 5.41) is 9.98. The maximum Gasteiger partial charge on any atom is 0.127 e. The second-order valence-electron chi connectivity index (χ2n) is 4.89. The van der Waals surface area contributed by atoms with Gasteiger partial charge in [0.25, 0.3) is 0 Å². The zero-order chi connectivity index (χ0) is 13.0. The van der Waals surface area contributed by atoms with Crippen molar-refractivity contribution < 1.29 is 9.50 Å². The Balaban J connectivity index is 2.12. The van der Waals surface area contributed by atoms with E-state index < -0.39 is 0 Å². The summed E-state index contributed by atoms with van der Waals surface area (Å²) >= 11 is 5.90. The minimum absolute atomic E-state index is 0.141. The lowest BCUT2D eigenvalue weighted by atomic mass is 10.1. The average Bonchev–Trinajstić information content (AvgIpc) is 2.59. The fraction of sp³-hybridized carbons (Fsp3) is 0.571. The molecule has 1 atom stereocenters. The molecule has 1 aromatic carbocycles. The van der Waals surface area contributed by atoms with E-state index in [0.717, 1.165) is 25.8 Å². The van der Waals surface area contributed by atoms with Gasteiger partial charge in [0.2, 0.25) is 0 Å². The summed E-state index contributed by atoms with van der Waals surface area (Å²) in [5.41, 5.74) is 0.614. The summed E-state index contributed by atoms with van der Waals surface area (Å²) in [6.07, 6.45) is 4.42. The molecule has 0 radical (unpaired) electrons. The van der Waals surface area contributed by atoms with E-state index in [1.165, 1.54) is 12.5 Å². The maximum atomic E-state index is 13.7. The first-order valence-corrected chi connectivity index (χ1v) is 6.87. The van der Waals surface area contributed by atoms with Gasteiger partial charge in [-0.25, -0.2) is 4.39 Å². The summed E-state index contributed by atoms with van der Waals surface area (Å²) in [5.74, 6) is -0.222. The number of hydrogen-bond acceptors (Lipinski definition) is 2. The van der Waals surface area contributed by atoms with Crippen LogP contribution in [0.2, 0.25) is 5.02 Å². The molecule has 1 aliphatic heterocycles. The molecule has 2 nitrogen and oxygen atoms in total. The Labute approximate surface area is 112 Å². The van der Waals surface area contributed by atoms with Crippen LogP contribution in [-0.4, -0.2) is 29.2 Å². The molecule has 1 fully saturated rings. The van der Waals surface area contributed by atoms with Crippen LogP contribution in [-0.2, 0) is 6.54 Å². The van der Waals surface area contributed by atoms with Crippen LogP contribution in [0.25, 0.3) is 0 Å². The van der Waals surface area contributed by atoms with Crippen molar-refractivity contribution in [2.24, 2.45) is 0 Å². The molecule has 1 heterocycles. The zero-order valence-corrected chi connectivity index (χ0v) is 11.2. The van der Waals surface area contributed by atoms with E-state index in [9.17, 15) is 9.50 Å². The molecule has 0 aliphatic carbocycles. The third-order valence-corrected chi connectivity index (χ3v) is 3.83. The number of likely N-dealkylation sites (tertiary alicyclic amines) is 1. The van der Waals surface area contributed by atoms with Crippen molar-refractivity contribution in [3.8, 4) is 0 Å². The predicted molar refractivity (Wildman–Crippen MR) is 71.2 cm³/mol. The van der Waals surface area contributed by atoms with Crippen LogP contribution >= 0.6 is 11.6 Å². The lowest BCUT2D eigenvalue weighted by molar-refractivity contribution is 0.117. The number of nitrogens with zero attached hydrogens (tertiary/aromatic N) is 1. The largest absolute Gasteiger partial charge is 0.395 e. The highest BCUT2D eigenvalue weighted by Gasteiger charge is 2.21. The SMILES string of the molecule is OCC1CCCCCN1Cc1cc(Cl)ccc1F. The highest BCUT2D eigenvalue weighted by molar-refractivity contribution is 6.30. The Morgan fingerprint density at radius 3 is 2.94 bits per heavy atom. The smallest absolute Gasteiger partial charge is 0.127 e. The first-order chi connectivity index (χ1) is 8.70. The number of hydrogen-bond donors (Lipinski definition) is 1. The highest BCUT2D eigenvalue weighted by atomic mass is 35.5. The summed E-state index contributed by atoms with van der Waals surface area (Å²) in [4.78, 5) is 2.17. The van der Waals surface area contributed by atoms with E-state index in [-0.39, 0.29) is 18.5 Å². The van der Waals surface area contributed by atoms with Gasteiger partial charge in [0.15, 0.2) is 0 Å². The molecule has 1 unspecified atom stereocenters. The van der Waals surface area contributed by atoms with Crippen molar-refractivity contribution in [1.29, 1.82) is 0 Å². The minimum atomic E-state index is -0.222. The summed E-state index contributed by atoms with van der Waals surface area (Å²) in [7, 11) is 0. The van der Waals surface area contributed by atoms with Crippen LogP contribution in [0.4, 0.5) is 4.39 Å². The molecule has 0 spiro atoms. The van der Waals surface area contributed by atoms with Crippen molar-refractivity contribution in [2.75, 3.05) is 13.2 Å². The van der Waals surface area contributed by atoms with Gasteiger partial charge >= 0.3 is 0 Å². The van der Waals surface area contributed by atoms with Crippen molar-refractivity contribution >= 4 is 11.6 Å². The Kier molecular flexibility index (Phi) is 4.98. The summed E-state index contributed by atoms with van der Waals surface area (Å²) < 4.78 is 13.7. The lowest BCUT2D eigenvalue weighted by Gasteiger charge is -2.28. The van der Waals surface area contributed by atoms with E-state index in [1.807, 2.05) is 0 Å². The lowest BCUT2D eigenvalue weighted by Crippen LogP contribution is -2.37. The van der Waals surface area contributed by atoms with Crippen molar-refractivity contribution in [3.05, 3.63) is 34.6 Å². The van der Waals surface area contributed by atoms with Gasteiger partial charge in [-0.1, -0.05) is 24.4 Å². The van der Waals surface area contributed by atoms with Gasteiger partial charge in [-0.05, 0) is 37.6 Å². The van der Waals surface area contributed by atoms with Gasteiger partial charge in [0.1, 0.15) is 5.82 Å². The first-order valence-electron chi connectivity index (χ1n) is 6.49. The Morgan fingerprint density at radius 1 is 1.33 bits per heavy atom. The third kappa shape index (κ3) is 3.44. The Bertz CT molecular complexity index is 399. The standard InChI is InChI=1S/C14H19ClFNO/c15-12-5-6-14(16)11(8-12)9-17-7-3-1-2-4-13(17)10-18/h5-6,8,13,18H,1-4,7,9-10H2. The Morgan fingerprint density at radius 2 is 2.17 bits per heavy atom.